The quantitative estimate of drug-likeness (QED) is 0.761. The fourth-order valence-electron chi connectivity index (χ4n) is 2.07. The molecule has 0 aliphatic heterocycles. The van der Waals surface area contributed by atoms with Gasteiger partial charge in [0.05, 0.1) is 16.8 Å². The van der Waals surface area contributed by atoms with E-state index in [0.717, 1.165) is 22.3 Å². The number of aromatic nitrogens is 3. The zero-order chi connectivity index (χ0) is 13.4. The molecule has 0 aliphatic carbocycles. The summed E-state index contributed by atoms with van der Waals surface area (Å²) in [5.41, 5.74) is 3.65. The van der Waals surface area contributed by atoms with Gasteiger partial charge in [-0.25, -0.2) is 9.48 Å². The second-order valence-electron chi connectivity index (χ2n) is 4.30. The van der Waals surface area contributed by atoms with Crippen LogP contribution in [0.25, 0.3) is 16.7 Å². The van der Waals surface area contributed by atoms with E-state index in [0.29, 0.717) is 0 Å². The van der Waals surface area contributed by atoms with Crippen LogP contribution in [0, 0.1) is 6.92 Å². The highest BCUT2D eigenvalue weighted by Crippen LogP contribution is 2.20. The summed E-state index contributed by atoms with van der Waals surface area (Å²) in [6, 6.07) is 12.6. The van der Waals surface area contributed by atoms with Gasteiger partial charge in [0.15, 0.2) is 0 Å². The van der Waals surface area contributed by atoms with Crippen molar-refractivity contribution in [2.45, 2.75) is 6.92 Å². The van der Waals surface area contributed by atoms with E-state index in [1.165, 1.54) is 0 Å². The minimum atomic E-state index is -0.932. The highest BCUT2D eigenvalue weighted by atomic mass is 16.4. The average Bonchev–Trinajstić information content (AvgIpc) is 2.82. The molecule has 0 saturated heterocycles. The lowest BCUT2D eigenvalue weighted by molar-refractivity contribution is 0.0697. The standard InChI is InChI=1S/C14H11N3O2/c1-9-8-10(14(18)19)6-7-12(9)17-13-5-3-2-4-11(13)15-16-17/h2-8H,1H3,(H,18,19). The van der Waals surface area contributed by atoms with Crippen molar-refractivity contribution in [3.63, 3.8) is 0 Å². The van der Waals surface area contributed by atoms with E-state index in [9.17, 15) is 4.79 Å². The Morgan fingerprint density at radius 1 is 1.21 bits per heavy atom. The van der Waals surface area contributed by atoms with Gasteiger partial charge < -0.3 is 5.11 Å². The SMILES string of the molecule is Cc1cc(C(=O)O)ccc1-n1nnc2ccccc21. The third-order valence-electron chi connectivity index (χ3n) is 3.02. The summed E-state index contributed by atoms with van der Waals surface area (Å²) in [5, 5.41) is 17.2. The van der Waals surface area contributed by atoms with Crippen LogP contribution in [0.5, 0.6) is 0 Å². The average molecular weight is 253 g/mol. The Kier molecular flexibility index (Phi) is 2.52. The number of aromatic carboxylic acids is 1. The number of carbonyl (C=O) groups is 1. The van der Waals surface area contributed by atoms with Gasteiger partial charge in [-0.15, -0.1) is 5.10 Å². The molecule has 5 nitrogen and oxygen atoms in total. The van der Waals surface area contributed by atoms with Crippen LogP contribution in [-0.2, 0) is 0 Å². The first kappa shape index (κ1) is 11.4. The molecule has 0 saturated carbocycles. The maximum Gasteiger partial charge on any atom is 0.335 e. The second kappa shape index (κ2) is 4.20. The molecule has 0 spiro atoms. The van der Waals surface area contributed by atoms with Gasteiger partial charge >= 0.3 is 5.97 Å². The van der Waals surface area contributed by atoms with Gasteiger partial charge in [0, 0.05) is 0 Å². The van der Waals surface area contributed by atoms with E-state index < -0.39 is 5.97 Å². The van der Waals surface area contributed by atoms with Crippen LogP contribution in [0.1, 0.15) is 15.9 Å². The number of carboxylic acids is 1. The molecule has 1 N–H and O–H groups in total. The van der Waals surface area contributed by atoms with Gasteiger partial charge in [-0.1, -0.05) is 17.3 Å². The normalized spacial score (nSPS) is 10.8. The molecule has 0 aliphatic rings. The number of rotatable bonds is 2. The van der Waals surface area contributed by atoms with E-state index >= 15 is 0 Å². The lowest BCUT2D eigenvalue weighted by Crippen LogP contribution is -2.02. The summed E-state index contributed by atoms with van der Waals surface area (Å²) in [5.74, 6) is -0.932. The van der Waals surface area contributed by atoms with Crippen LogP contribution in [0.4, 0.5) is 0 Å². The molecule has 3 rings (SSSR count). The van der Waals surface area contributed by atoms with E-state index in [4.69, 9.17) is 5.11 Å². The summed E-state index contributed by atoms with van der Waals surface area (Å²) < 4.78 is 1.72. The first-order valence-electron chi connectivity index (χ1n) is 5.81. The Hall–Kier alpha value is -2.69. The number of aryl methyl sites for hydroxylation is 1. The summed E-state index contributed by atoms with van der Waals surface area (Å²) in [4.78, 5) is 10.9. The lowest BCUT2D eigenvalue weighted by atomic mass is 10.1. The number of nitrogens with zero attached hydrogens (tertiary/aromatic N) is 3. The summed E-state index contributed by atoms with van der Waals surface area (Å²) >= 11 is 0. The predicted molar refractivity (Wildman–Crippen MR) is 70.6 cm³/mol. The molecule has 0 amide bonds. The zero-order valence-electron chi connectivity index (χ0n) is 10.2. The maximum atomic E-state index is 10.9. The third-order valence-corrected chi connectivity index (χ3v) is 3.02. The van der Waals surface area contributed by atoms with Crippen molar-refractivity contribution in [3.8, 4) is 5.69 Å². The number of hydrogen-bond donors (Lipinski definition) is 1. The molecular formula is C14H11N3O2. The fraction of sp³-hybridized carbons (Fsp3) is 0.0714. The van der Waals surface area contributed by atoms with Gasteiger partial charge in [0.2, 0.25) is 0 Å². The van der Waals surface area contributed by atoms with Crippen LogP contribution >= 0.6 is 0 Å². The summed E-state index contributed by atoms with van der Waals surface area (Å²) in [6.45, 7) is 1.86. The molecule has 0 unspecified atom stereocenters. The minimum Gasteiger partial charge on any atom is -0.478 e. The van der Waals surface area contributed by atoms with Crippen LogP contribution < -0.4 is 0 Å². The van der Waals surface area contributed by atoms with Crippen LogP contribution in [-0.4, -0.2) is 26.1 Å². The van der Waals surface area contributed by atoms with Gasteiger partial charge in [0.25, 0.3) is 0 Å². The summed E-state index contributed by atoms with van der Waals surface area (Å²) in [6.07, 6.45) is 0. The molecule has 1 aromatic heterocycles. The molecule has 2 aromatic carbocycles. The van der Waals surface area contributed by atoms with Gasteiger partial charge in [-0.05, 0) is 42.8 Å². The minimum absolute atomic E-state index is 0.269. The number of para-hydroxylation sites is 1. The molecule has 0 fully saturated rings. The molecule has 1 heterocycles. The molecule has 94 valence electrons. The van der Waals surface area contributed by atoms with Gasteiger partial charge in [-0.3, -0.25) is 0 Å². The predicted octanol–water partition coefficient (Wildman–Crippen LogP) is 2.43. The highest BCUT2D eigenvalue weighted by molar-refractivity contribution is 5.88. The highest BCUT2D eigenvalue weighted by Gasteiger charge is 2.10. The van der Waals surface area contributed by atoms with E-state index in [2.05, 4.69) is 10.3 Å². The Labute approximate surface area is 109 Å². The van der Waals surface area contributed by atoms with Crippen molar-refractivity contribution >= 4 is 17.0 Å². The second-order valence-corrected chi connectivity index (χ2v) is 4.30. The molecule has 3 aromatic rings. The maximum absolute atomic E-state index is 10.9. The first-order valence-corrected chi connectivity index (χ1v) is 5.81. The van der Waals surface area contributed by atoms with Crippen LogP contribution in [0.15, 0.2) is 42.5 Å². The Balaban J connectivity index is 2.19. The zero-order valence-corrected chi connectivity index (χ0v) is 10.2. The molecule has 0 bridgehead atoms. The molecule has 5 heteroatoms. The van der Waals surface area contributed by atoms with Crippen molar-refractivity contribution in [1.82, 2.24) is 15.0 Å². The van der Waals surface area contributed by atoms with Crippen molar-refractivity contribution in [2.24, 2.45) is 0 Å². The van der Waals surface area contributed by atoms with Gasteiger partial charge in [-0.2, -0.15) is 0 Å². The van der Waals surface area contributed by atoms with Gasteiger partial charge in [0.1, 0.15) is 5.52 Å². The van der Waals surface area contributed by atoms with Crippen molar-refractivity contribution < 1.29 is 9.90 Å². The smallest absolute Gasteiger partial charge is 0.335 e. The van der Waals surface area contributed by atoms with Crippen LogP contribution in [0.2, 0.25) is 0 Å². The Bertz CT molecular complexity index is 777. The van der Waals surface area contributed by atoms with Crippen molar-refractivity contribution in [2.75, 3.05) is 0 Å². The largest absolute Gasteiger partial charge is 0.478 e. The van der Waals surface area contributed by atoms with Crippen molar-refractivity contribution in [1.29, 1.82) is 0 Å². The van der Waals surface area contributed by atoms with Crippen molar-refractivity contribution in [3.05, 3.63) is 53.6 Å². The monoisotopic (exact) mass is 253 g/mol. The van der Waals surface area contributed by atoms with E-state index in [-0.39, 0.29) is 5.56 Å². The molecule has 0 atom stereocenters. The Morgan fingerprint density at radius 3 is 2.74 bits per heavy atom. The van der Waals surface area contributed by atoms with E-state index in [1.807, 2.05) is 31.2 Å². The number of hydrogen-bond acceptors (Lipinski definition) is 3. The third kappa shape index (κ3) is 1.85. The molecular weight excluding hydrogens is 242 g/mol. The molecule has 0 radical (unpaired) electrons. The van der Waals surface area contributed by atoms with E-state index in [1.54, 1.807) is 22.9 Å². The number of carboxylic acid groups (broad SMARTS) is 1. The first-order chi connectivity index (χ1) is 9.16. The molecule has 19 heavy (non-hydrogen) atoms. The number of fused-ring (bicyclic) bond motifs is 1. The lowest BCUT2D eigenvalue weighted by Gasteiger charge is -2.07. The summed E-state index contributed by atoms with van der Waals surface area (Å²) in [7, 11) is 0. The fourth-order valence-corrected chi connectivity index (χ4v) is 2.07. The number of benzene rings is 2. The topological polar surface area (TPSA) is 68.0 Å². The Morgan fingerprint density at radius 2 is 2.00 bits per heavy atom. The van der Waals surface area contributed by atoms with Crippen LogP contribution in [0.3, 0.4) is 0 Å².